The molecule has 684 valence electrons. The molecular formula is C109H92ClFN14O12. The summed E-state index contributed by atoms with van der Waals surface area (Å²) in [6, 6.07) is 80.3. The fraction of sp³-hybridized carbons (Fsp3) is 0.202. The average molecular weight is 1840 g/mol. The van der Waals surface area contributed by atoms with Crippen molar-refractivity contribution in [2.75, 3.05) is 80.9 Å². The van der Waals surface area contributed by atoms with Gasteiger partial charge in [0.2, 0.25) is 13.6 Å². The zero-order valence-corrected chi connectivity index (χ0v) is 77.1. The van der Waals surface area contributed by atoms with Crippen molar-refractivity contribution in [2.24, 2.45) is 0 Å². The number of hydrogen-bond donors (Lipinski definition) is 1. The molecule has 26 nitrogen and oxygen atoms in total. The van der Waals surface area contributed by atoms with Gasteiger partial charge in [0.15, 0.2) is 23.0 Å². The Morgan fingerprint density at radius 2 is 0.818 bits per heavy atom. The van der Waals surface area contributed by atoms with E-state index in [2.05, 4.69) is 75.0 Å². The fourth-order valence-electron chi connectivity index (χ4n) is 17.6. The molecule has 17 aromatic rings. The molecule has 2 amide bonds. The highest BCUT2D eigenvalue weighted by Gasteiger charge is 2.28. The van der Waals surface area contributed by atoms with Gasteiger partial charge in [-0.05, 0) is 203 Å². The molecule has 6 aromatic heterocycles. The molecule has 28 heteroatoms. The number of carbonyl (C=O) groups excluding carboxylic acids is 3. The number of halogens is 2. The molecule has 0 atom stereocenters. The molecule has 21 rings (SSSR count). The van der Waals surface area contributed by atoms with E-state index in [9.17, 15) is 45.1 Å². The summed E-state index contributed by atoms with van der Waals surface area (Å²) in [5, 5.41) is 62.7. The molecule has 2 fully saturated rings. The number of nitrogens with one attached hydrogen (secondary N) is 1. The van der Waals surface area contributed by atoms with Crippen LogP contribution in [0.5, 0.6) is 40.2 Å². The van der Waals surface area contributed by atoms with Crippen molar-refractivity contribution in [1.82, 2.24) is 37.6 Å². The van der Waals surface area contributed by atoms with E-state index in [1.807, 2.05) is 198 Å². The number of aryl methyl sites for hydroxylation is 4. The number of methoxy groups -OCH3 is 3. The first-order chi connectivity index (χ1) is 66.8. The number of carbonyl (C=O) groups is 3. The van der Waals surface area contributed by atoms with Gasteiger partial charge in [-0.1, -0.05) is 66.2 Å². The largest absolute Gasteiger partial charge is 0.497 e. The van der Waals surface area contributed by atoms with E-state index in [1.165, 1.54) is 12.1 Å². The summed E-state index contributed by atoms with van der Waals surface area (Å²) in [5.41, 5.74) is 19.3. The molecule has 10 heterocycles. The van der Waals surface area contributed by atoms with Gasteiger partial charge in [0.1, 0.15) is 59.5 Å². The standard InChI is InChI=1S/C23H23N3O3.C23H23N3O2.C21H20N2O3.C17H12N2O2.C16H9FN2O2.C9H5ClN2/c1-3-26-21-14-18(28-2)8-9-19(21)20(15-24)22(26)16-4-6-17(7-5-16)23(27)25-10-12-29-13-11-25;1-3-26-21-14-18(28-2)10-11-19(21)20(15-24)22(26)16-6-8-17(9-7-16)23(27)25-12-4-5-13-25;1-4-23-19-12-16(25-3)10-11-17(19)18(13-22)20(23)14-6-8-15(9-7-14)21(24)26-5-2;1-11-2-4-14-12(8-18)9-19(15(14)6-11)13-3-5-16-17(7-13)21-10-20-16;17-11-1-3-13-10(7-18)8-19(14(13)5-11)12-2-4-15-16(6-12)21-9-20-15;10-7-1-2-8-6(4-11)5-12-9(8)3-7/h4-9,14H,3,10-13H2,1-2H3;6-11,14H,3-5,12-13H2,1-2H3;6-12H,4-5H2,1-3H3;2-7,9H,10H2,1H3;1-6,8H,9H2;1-3,5,12H. The molecule has 0 aliphatic carbocycles. The average Bonchev–Trinajstić information content (AvgIpc) is 1.63. The first-order valence-corrected chi connectivity index (χ1v) is 44.9. The minimum absolute atomic E-state index is 0.0149. The highest BCUT2D eigenvalue weighted by atomic mass is 35.5. The van der Waals surface area contributed by atoms with E-state index in [4.69, 9.17) is 59.5 Å². The number of rotatable bonds is 15. The Bertz CT molecular complexity index is 7610. The third-order valence-corrected chi connectivity index (χ3v) is 24.5. The molecule has 0 radical (unpaired) electrons. The van der Waals surface area contributed by atoms with Gasteiger partial charge in [-0.15, -0.1) is 0 Å². The SMILES string of the molecule is CCOC(=O)c1ccc(-c2c(C#N)c3ccc(OC)cc3n2CC)cc1.CCn1c(-c2ccc(C(=O)N3CCCC3)cc2)c(C#N)c2ccc(OC)cc21.CCn1c(-c2ccc(C(=O)N3CCOCC3)cc2)c(C#N)c2ccc(OC)cc21.Cc1ccc2c(C#N)cn(-c3ccc4c(c3)OCO4)c2c1.N#Cc1c[nH]c2cc(Cl)ccc12.N#Cc1cn(-c2ccc3c(c2)OCO3)c2cc(F)ccc12. The van der Waals surface area contributed by atoms with E-state index < -0.39 is 0 Å². The zero-order chi connectivity index (χ0) is 96.1. The molecule has 4 aliphatic rings. The minimum Gasteiger partial charge on any atom is -0.497 e. The Labute approximate surface area is 794 Å². The Morgan fingerprint density at radius 3 is 1.23 bits per heavy atom. The van der Waals surface area contributed by atoms with E-state index in [1.54, 1.807) is 81.6 Å². The number of fused-ring (bicyclic) bond motifs is 8. The number of benzene rings is 11. The summed E-state index contributed by atoms with van der Waals surface area (Å²) in [6.07, 6.45) is 7.40. The van der Waals surface area contributed by atoms with Crippen LogP contribution in [0.2, 0.25) is 5.02 Å². The van der Waals surface area contributed by atoms with Gasteiger partial charge in [0, 0.05) is 160 Å². The lowest BCUT2D eigenvalue weighted by atomic mass is 10.0. The van der Waals surface area contributed by atoms with E-state index in [0.717, 1.165) is 178 Å². The Kier molecular flexibility index (Phi) is 28.3. The quantitative estimate of drug-likeness (QED) is 0.0932. The smallest absolute Gasteiger partial charge is 0.338 e. The zero-order valence-electron chi connectivity index (χ0n) is 76.4. The van der Waals surface area contributed by atoms with Crippen LogP contribution in [-0.2, 0) is 29.1 Å². The van der Waals surface area contributed by atoms with Crippen molar-refractivity contribution in [3.8, 4) is 122 Å². The maximum atomic E-state index is 13.5. The van der Waals surface area contributed by atoms with Crippen molar-refractivity contribution in [1.29, 1.82) is 31.6 Å². The summed E-state index contributed by atoms with van der Waals surface area (Å²) < 4.78 is 71.5. The molecule has 0 saturated carbocycles. The van der Waals surface area contributed by atoms with Crippen molar-refractivity contribution < 1.29 is 61.4 Å². The topological polar surface area (TPSA) is 324 Å². The third-order valence-electron chi connectivity index (χ3n) is 24.3. The minimum atomic E-state index is -0.347. The van der Waals surface area contributed by atoms with Crippen LogP contribution in [0.3, 0.4) is 0 Å². The van der Waals surface area contributed by atoms with Crippen molar-refractivity contribution >= 4 is 94.8 Å². The first-order valence-electron chi connectivity index (χ1n) is 44.5. The summed E-state index contributed by atoms with van der Waals surface area (Å²) >= 11 is 5.77. The third kappa shape index (κ3) is 19.0. The molecule has 0 spiro atoms. The van der Waals surface area contributed by atoms with Crippen molar-refractivity contribution in [2.45, 2.75) is 67.1 Å². The summed E-state index contributed by atoms with van der Waals surface area (Å²) in [4.78, 5) is 43.9. The molecule has 137 heavy (non-hydrogen) atoms. The lowest BCUT2D eigenvalue weighted by Gasteiger charge is -2.26. The number of aromatic nitrogens is 6. The fourth-order valence-corrected chi connectivity index (χ4v) is 17.7. The van der Waals surface area contributed by atoms with Gasteiger partial charge in [-0.3, -0.25) is 9.59 Å². The van der Waals surface area contributed by atoms with Gasteiger partial charge < -0.3 is 80.3 Å². The molecule has 0 unspecified atom stereocenters. The van der Waals surface area contributed by atoms with Gasteiger partial charge in [0.25, 0.3) is 11.8 Å². The Balaban J connectivity index is 0.000000121. The van der Waals surface area contributed by atoms with Crippen LogP contribution in [0.15, 0.2) is 237 Å². The Hall–Kier alpha value is -17.2. The van der Waals surface area contributed by atoms with Crippen LogP contribution in [0.1, 0.15) is 111 Å². The van der Waals surface area contributed by atoms with Crippen molar-refractivity contribution in [3.05, 3.63) is 303 Å². The number of likely N-dealkylation sites (tertiary alicyclic amines) is 1. The molecule has 4 aliphatic heterocycles. The van der Waals surface area contributed by atoms with Crippen LogP contribution in [0.4, 0.5) is 4.39 Å². The summed E-state index contributed by atoms with van der Waals surface area (Å²) in [6.45, 7) is 17.0. The molecular weight excluding hydrogens is 1750 g/mol. The molecule has 1 N–H and O–H groups in total. The number of esters is 1. The second kappa shape index (κ2) is 41.7. The predicted molar refractivity (Wildman–Crippen MR) is 522 cm³/mol. The summed E-state index contributed by atoms with van der Waals surface area (Å²) in [5.74, 6) is 4.50. The number of morpholine rings is 1. The van der Waals surface area contributed by atoms with E-state index in [0.29, 0.717) is 112 Å². The number of nitriles is 6. The normalized spacial score (nSPS) is 12.5. The lowest BCUT2D eigenvalue weighted by Crippen LogP contribution is -2.40. The number of ether oxygens (including phenoxy) is 9. The van der Waals surface area contributed by atoms with Crippen molar-refractivity contribution in [3.63, 3.8) is 0 Å². The number of amides is 2. The second-order valence-electron chi connectivity index (χ2n) is 32.1. The van der Waals surface area contributed by atoms with Crippen LogP contribution >= 0.6 is 11.6 Å². The van der Waals surface area contributed by atoms with Gasteiger partial charge >= 0.3 is 5.97 Å². The van der Waals surface area contributed by atoms with Gasteiger partial charge in [-0.25, -0.2) is 9.18 Å². The number of nitrogens with zero attached hydrogens (tertiary/aromatic N) is 13. The van der Waals surface area contributed by atoms with Crippen LogP contribution in [0.25, 0.3) is 111 Å². The molecule has 0 bridgehead atoms. The van der Waals surface area contributed by atoms with E-state index >= 15 is 0 Å². The number of hydrogen-bond acceptors (Lipinski definition) is 18. The van der Waals surface area contributed by atoms with Gasteiger partial charge in [-0.2, -0.15) is 31.6 Å². The lowest BCUT2D eigenvalue weighted by molar-refractivity contribution is 0.0303. The van der Waals surface area contributed by atoms with Crippen LogP contribution < -0.4 is 33.2 Å². The number of aromatic amines is 1. The van der Waals surface area contributed by atoms with Gasteiger partial charge in [0.05, 0.1) is 125 Å². The maximum Gasteiger partial charge on any atom is 0.338 e. The Morgan fingerprint density at radius 1 is 0.416 bits per heavy atom. The van der Waals surface area contributed by atoms with Crippen LogP contribution in [0, 0.1) is 80.7 Å². The number of H-pyrrole nitrogens is 1. The predicted octanol–water partition coefficient (Wildman–Crippen LogP) is 22.1. The monoisotopic (exact) mass is 1840 g/mol. The summed E-state index contributed by atoms with van der Waals surface area (Å²) in [7, 11) is 4.90. The second-order valence-corrected chi connectivity index (χ2v) is 32.5. The van der Waals surface area contributed by atoms with E-state index in [-0.39, 0.29) is 37.2 Å². The first kappa shape index (κ1) is 93.0. The molecule has 2 saturated heterocycles. The molecule has 11 aromatic carbocycles. The maximum absolute atomic E-state index is 13.5. The van der Waals surface area contributed by atoms with Crippen LogP contribution in [-0.4, -0.2) is 136 Å². The highest BCUT2D eigenvalue weighted by Crippen LogP contribution is 2.42. The highest BCUT2D eigenvalue weighted by molar-refractivity contribution is 6.31.